The van der Waals surface area contributed by atoms with Crippen molar-refractivity contribution in [2.75, 3.05) is 11.1 Å². The van der Waals surface area contributed by atoms with Gasteiger partial charge in [-0.25, -0.2) is 0 Å². The summed E-state index contributed by atoms with van der Waals surface area (Å²) in [5.41, 5.74) is 1.46. The number of benzene rings is 2. The Morgan fingerprint density at radius 1 is 1.16 bits per heavy atom. The molecule has 32 heavy (non-hydrogen) atoms. The van der Waals surface area contributed by atoms with Crippen LogP contribution in [0.1, 0.15) is 5.76 Å². The molecular weight excluding hydrogens is 424 g/mol. The summed E-state index contributed by atoms with van der Waals surface area (Å²) in [6.45, 7) is 6.21. The summed E-state index contributed by atoms with van der Waals surface area (Å²) in [6.07, 6.45) is 3.39. The number of nitrogens with one attached hydrogen (secondary N) is 1. The topological polar surface area (TPSA) is 82.2 Å². The van der Waals surface area contributed by atoms with Gasteiger partial charge in [0.2, 0.25) is 5.91 Å². The van der Waals surface area contributed by atoms with Gasteiger partial charge in [0.25, 0.3) is 0 Å². The Morgan fingerprint density at radius 2 is 1.94 bits per heavy atom. The molecule has 2 aromatic heterocycles. The van der Waals surface area contributed by atoms with Gasteiger partial charge in [-0.3, -0.25) is 9.36 Å². The van der Waals surface area contributed by atoms with E-state index in [1.165, 1.54) is 11.8 Å². The molecule has 1 amide bonds. The molecule has 0 aliphatic heterocycles. The van der Waals surface area contributed by atoms with E-state index in [0.717, 1.165) is 11.3 Å². The SMILES string of the molecule is C=CCn1c(SCC(=O)Nc2ccccc2Oc2ccccc2)nnc1-c1ccoc1C. The lowest BCUT2D eigenvalue weighted by Crippen LogP contribution is -2.15. The first-order chi connectivity index (χ1) is 15.7. The Hall–Kier alpha value is -3.78. The minimum absolute atomic E-state index is 0.166. The molecule has 8 heteroatoms. The third-order valence-corrected chi connectivity index (χ3v) is 5.56. The predicted octanol–water partition coefficient (Wildman–Crippen LogP) is 5.56. The number of anilines is 1. The molecule has 2 aromatic carbocycles. The molecule has 0 unspecified atom stereocenters. The fourth-order valence-corrected chi connectivity index (χ4v) is 3.84. The van der Waals surface area contributed by atoms with Crippen LogP contribution in [0.5, 0.6) is 11.5 Å². The van der Waals surface area contributed by atoms with Crippen molar-refractivity contribution in [2.24, 2.45) is 0 Å². The van der Waals surface area contributed by atoms with Crippen molar-refractivity contribution in [3.8, 4) is 22.9 Å². The number of ether oxygens (including phenoxy) is 1. The highest BCUT2D eigenvalue weighted by molar-refractivity contribution is 7.99. The zero-order chi connectivity index (χ0) is 22.3. The molecule has 0 saturated heterocycles. The van der Waals surface area contributed by atoms with Crippen molar-refractivity contribution in [1.82, 2.24) is 14.8 Å². The number of carbonyl (C=O) groups is 1. The standard InChI is InChI=1S/C24H22N4O3S/c1-3-14-28-23(19-13-15-30-17(19)2)26-27-24(28)32-16-22(29)25-20-11-7-8-12-21(20)31-18-9-5-4-6-10-18/h3-13,15H,1,14,16H2,2H3,(H,25,29). The average molecular weight is 447 g/mol. The van der Waals surface area contributed by atoms with Crippen molar-refractivity contribution >= 4 is 23.4 Å². The van der Waals surface area contributed by atoms with Gasteiger partial charge < -0.3 is 14.5 Å². The summed E-state index contributed by atoms with van der Waals surface area (Å²) >= 11 is 1.31. The number of hydrogen-bond acceptors (Lipinski definition) is 6. The highest BCUT2D eigenvalue weighted by Gasteiger charge is 2.18. The maximum atomic E-state index is 12.7. The minimum Gasteiger partial charge on any atom is -0.469 e. The fraction of sp³-hybridized carbons (Fsp3) is 0.125. The Balaban J connectivity index is 1.45. The maximum Gasteiger partial charge on any atom is 0.234 e. The molecule has 4 aromatic rings. The van der Waals surface area contributed by atoms with Crippen molar-refractivity contribution < 1.29 is 13.9 Å². The van der Waals surface area contributed by atoms with Gasteiger partial charge in [0.1, 0.15) is 11.5 Å². The molecule has 0 fully saturated rings. The van der Waals surface area contributed by atoms with E-state index in [2.05, 4.69) is 22.1 Å². The molecule has 0 atom stereocenters. The summed E-state index contributed by atoms with van der Waals surface area (Å²) in [4.78, 5) is 12.7. The van der Waals surface area contributed by atoms with Crippen molar-refractivity contribution in [3.63, 3.8) is 0 Å². The second-order valence-electron chi connectivity index (χ2n) is 6.84. The summed E-state index contributed by atoms with van der Waals surface area (Å²) < 4.78 is 13.2. The Morgan fingerprint density at radius 3 is 2.69 bits per heavy atom. The van der Waals surface area contributed by atoms with Gasteiger partial charge >= 0.3 is 0 Å². The Bertz CT molecular complexity index is 1220. The van der Waals surface area contributed by atoms with Gasteiger partial charge in [-0.05, 0) is 37.3 Å². The zero-order valence-electron chi connectivity index (χ0n) is 17.5. The van der Waals surface area contributed by atoms with Gasteiger partial charge in [-0.1, -0.05) is 48.2 Å². The van der Waals surface area contributed by atoms with Gasteiger partial charge in [0.05, 0.1) is 23.3 Å². The first-order valence-corrected chi connectivity index (χ1v) is 11.0. The van der Waals surface area contributed by atoms with Crippen LogP contribution in [0.4, 0.5) is 5.69 Å². The molecule has 0 aliphatic carbocycles. The van der Waals surface area contributed by atoms with Crippen molar-refractivity contribution in [3.05, 3.63) is 85.3 Å². The number of aromatic nitrogens is 3. The Labute approximate surface area is 190 Å². The van der Waals surface area contributed by atoms with E-state index in [9.17, 15) is 4.79 Å². The number of thioether (sulfide) groups is 1. The van der Waals surface area contributed by atoms with Crippen LogP contribution in [-0.4, -0.2) is 26.4 Å². The second-order valence-corrected chi connectivity index (χ2v) is 7.79. The normalized spacial score (nSPS) is 10.7. The first kappa shape index (κ1) is 21.5. The number of para-hydroxylation sites is 3. The average Bonchev–Trinajstić information content (AvgIpc) is 3.40. The number of hydrogen-bond donors (Lipinski definition) is 1. The van der Waals surface area contributed by atoms with Crippen LogP contribution in [0.25, 0.3) is 11.4 Å². The highest BCUT2D eigenvalue weighted by atomic mass is 32.2. The minimum atomic E-state index is -0.173. The molecule has 0 bridgehead atoms. The Kier molecular flexibility index (Phi) is 6.72. The zero-order valence-corrected chi connectivity index (χ0v) is 18.3. The van der Waals surface area contributed by atoms with Crippen molar-refractivity contribution in [1.29, 1.82) is 0 Å². The smallest absolute Gasteiger partial charge is 0.234 e. The van der Waals surface area contributed by atoms with Gasteiger partial charge in [-0.15, -0.1) is 16.8 Å². The predicted molar refractivity (Wildman–Crippen MR) is 125 cm³/mol. The number of rotatable bonds is 9. The van der Waals surface area contributed by atoms with E-state index in [4.69, 9.17) is 9.15 Å². The molecule has 4 rings (SSSR count). The largest absolute Gasteiger partial charge is 0.469 e. The highest BCUT2D eigenvalue weighted by Crippen LogP contribution is 2.30. The number of aryl methyl sites for hydroxylation is 1. The number of allylic oxidation sites excluding steroid dienone is 1. The second kappa shape index (κ2) is 10.0. The number of carbonyl (C=O) groups excluding carboxylic acids is 1. The van der Waals surface area contributed by atoms with Crippen molar-refractivity contribution in [2.45, 2.75) is 18.6 Å². The third-order valence-electron chi connectivity index (χ3n) is 4.59. The quantitative estimate of drug-likeness (QED) is 0.268. The number of furan rings is 1. The first-order valence-electron chi connectivity index (χ1n) is 9.99. The van der Waals surface area contributed by atoms with Crippen LogP contribution < -0.4 is 10.1 Å². The van der Waals surface area contributed by atoms with E-state index < -0.39 is 0 Å². The summed E-state index contributed by atoms with van der Waals surface area (Å²) in [5.74, 6) is 2.70. The maximum absolute atomic E-state index is 12.7. The van der Waals surface area contributed by atoms with E-state index in [1.807, 2.05) is 66.1 Å². The lowest BCUT2D eigenvalue weighted by molar-refractivity contribution is -0.113. The summed E-state index contributed by atoms with van der Waals surface area (Å²) in [6, 6.07) is 18.6. The number of amides is 1. The molecule has 162 valence electrons. The third kappa shape index (κ3) is 4.92. The molecule has 0 spiro atoms. The van der Waals surface area contributed by atoms with E-state index in [-0.39, 0.29) is 11.7 Å². The van der Waals surface area contributed by atoms with Crippen LogP contribution in [0, 0.1) is 6.92 Å². The van der Waals surface area contributed by atoms with Gasteiger partial charge in [-0.2, -0.15) is 0 Å². The lowest BCUT2D eigenvalue weighted by Gasteiger charge is -2.12. The molecule has 0 radical (unpaired) electrons. The van der Waals surface area contributed by atoms with Crippen LogP contribution >= 0.6 is 11.8 Å². The summed E-state index contributed by atoms with van der Waals surface area (Å²) in [5, 5.41) is 12.1. The molecular formula is C24H22N4O3S. The summed E-state index contributed by atoms with van der Waals surface area (Å²) in [7, 11) is 0. The van der Waals surface area contributed by atoms with E-state index >= 15 is 0 Å². The lowest BCUT2D eigenvalue weighted by atomic mass is 10.2. The molecule has 2 heterocycles. The van der Waals surface area contributed by atoms with Crippen LogP contribution in [0.2, 0.25) is 0 Å². The molecule has 7 nitrogen and oxygen atoms in total. The van der Waals surface area contributed by atoms with E-state index in [0.29, 0.717) is 34.7 Å². The molecule has 0 saturated carbocycles. The monoisotopic (exact) mass is 446 g/mol. The van der Waals surface area contributed by atoms with Gasteiger partial charge in [0, 0.05) is 6.54 Å². The molecule has 0 aliphatic rings. The van der Waals surface area contributed by atoms with Crippen LogP contribution in [0.15, 0.2) is 89.2 Å². The van der Waals surface area contributed by atoms with Crippen LogP contribution in [0.3, 0.4) is 0 Å². The number of nitrogens with zero attached hydrogens (tertiary/aromatic N) is 3. The molecule has 1 N–H and O–H groups in total. The van der Waals surface area contributed by atoms with E-state index in [1.54, 1.807) is 18.4 Å². The van der Waals surface area contributed by atoms with Gasteiger partial charge in [0.15, 0.2) is 16.7 Å². The fourth-order valence-electron chi connectivity index (χ4n) is 3.10. The van der Waals surface area contributed by atoms with Crippen LogP contribution in [-0.2, 0) is 11.3 Å².